The van der Waals surface area contributed by atoms with Gasteiger partial charge in [-0.05, 0) is 25.2 Å². The van der Waals surface area contributed by atoms with Gasteiger partial charge in [-0.15, -0.1) is 0 Å². The summed E-state index contributed by atoms with van der Waals surface area (Å²) in [5.41, 5.74) is 1.16. The molecule has 0 amide bonds. The van der Waals surface area contributed by atoms with Gasteiger partial charge in [-0.2, -0.15) is 0 Å². The molecule has 2 heteroatoms. The molecule has 0 aromatic carbocycles. The highest BCUT2D eigenvalue weighted by Crippen LogP contribution is 2.21. The number of hydrogen-bond acceptors (Lipinski definition) is 2. The normalized spacial score (nSPS) is 19.3. The van der Waals surface area contributed by atoms with Gasteiger partial charge in [-0.3, -0.25) is 0 Å². The predicted octanol–water partition coefficient (Wildman–Crippen LogP) is 2.19. The lowest BCUT2D eigenvalue weighted by atomic mass is 10.2. The fourth-order valence-corrected chi connectivity index (χ4v) is 1.50. The summed E-state index contributed by atoms with van der Waals surface area (Å²) < 4.78 is 5.52. The van der Waals surface area contributed by atoms with Crippen LogP contribution in [0, 0.1) is 0 Å². The first kappa shape index (κ1) is 8.17. The summed E-state index contributed by atoms with van der Waals surface area (Å²) in [5.74, 6) is 0.967. The van der Waals surface area contributed by atoms with Crippen molar-refractivity contribution in [1.82, 2.24) is 4.90 Å². The second-order valence-corrected chi connectivity index (χ2v) is 2.94. The number of hydrogen-bond donors (Lipinski definition) is 0. The first-order valence-corrected chi connectivity index (χ1v) is 4.57. The van der Waals surface area contributed by atoms with E-state index in [0.717, 1.165) is 18.0 Å². The SMILES string of the molecule is CCOC1=C2C=CC=CN2CC=C1. The van der Waals surface area contributed by atoms with Gasteiger partial charge in [0.2, 0.25) is 0 Å². The van der Waals surface area contributed by atoms with Crippen molar-refractivity contribution in [2.45, 2.75) is 6.92 Å². The number of fused-ring (bicyclic) bond motifs is 1. The van der Waals surface area contributed by atoms with E-state index >= 15 is 0 Å². The molecule has 2 heterocycles. The topological polar surface area (TPSA) is 12.5 Å². The average Bonchev–Trinajstić information content (AvgIpc) is 2.19. The van der Waals surface area contributed by atoms with Crippen LogP contribution in [0.5, 0.6) is 0 Å². The van der Waals surface area contributed by atoms with Crippen molar-refractivity contribution >= 4 is 0 Å². The smallest absolute Gasteiger partial charge is 0.142 e. The Kier molecular flexibility index (Phi) is 2.21. The van der Waals surface area contributed by atoms with Gasteiger partial charge in [-0.1, -0.05) is 12.2 Å². The largest absolute Gasteiger partial charge is 0.492 e. The van der Waals surface area contributed by atoms with E-state index in [-0.39, 0.29) is 0 Å². The van der Waals surface area contributed by atoms with Gasteiger partial charge in [0.25, 0.3) is 0 Å². The first-order chi connectivity index (χ1) is 6.42. The van der Waals surface area contributed by atoms with Crippen LogP contribution in [0.3, 0.4) is 0 Å². The predicted molar refractivity (Wildman–Crippen MR) is 52.8 cm³/mol. The van der Waals surface area contributed by atoms with E-state index in [9.17, 15) is 0 Å². The van der Waals surface area contributed by atoms with Crippen molar-refractivity contribution in [3.05, 3.63) is 48.0 Å². The number of rotatable bonds is 2. The molecular formula is C11H13NO. The van der Waals surface area contributed by atoms with Crippen molar-refractivity contribution in [1.29, 1.82) is 0 Å². The third kappa shape index (κ3) is 1.52. The van der Waals surface area contributed by atoms with Gasteiger partial charge in [0.1, 0.15) is 5.76 Å². The summed E-state index contributed by atoms with van der Waals surface area (Å²) in [6.07, 6.45) is 12.4. The van der Waals surface area contributed by atoms with E-state index < -0.39 is 0 Å². The fourth-order valence-electron chi connectivity index (χ4n) is 1.50. The van der Waals surface area contributed by atoms with Crippen LogP contribution in [0.4, 0.5) is 0 Å². The highest BCUT2D eigenvalue weighted by Gasteiger charge is 2.14. The zero-order chi connectivity index (χ0) is 9.10. The van der Waals surface area contributed by atoms with E-state index in [1.54, 1.807) is 0 Å². The van der Waals surface area contributed by atoms with Crippen molar-refractivity contribution in [3.63, 3.8) is 0 Å². The molecule has 0 unspecified atom stereocenters. The average molecular weight is 175 g/mol. The quantitative estimate of drug-likeness (QED) is 0.638. The lowest BCUT2D eigenvalue weighted by Crippen LogP contribution is -2.22. The summed E-state index contributed by atoms with van der Waals surface area (Å²) in [7, 11) is 0. The molecule has 0 aliphatic carbocycles. The van der Waals surface area contributed by atoms with E-state index in [0.29, 0.717) is 6.61 Å². The second-order valence-electron chi connectivity index (χ2n) is 2.94. The maximum Gasteiger partial charge on any atom is 0.142 e. The Morgan fingerprint density at radius 3 is 3.15 bits per heavy atom. The minimum Gasteiger partial charge on any atom is -0.492 e. The Balaban J connectivity index is 2.30. The van der Waals surface area contributed by atoms with E-state index in [4.69, 9.17) is 4.74 Å². The van der Waals surface area contributed by atoms with Crippen molar-refractivity contribution in [3.8, 4) is 0 Å². The van der Waals surface area contributed by atoms with Crippen LogP contribution >= 0.6 is 0 Å². The number of allylic oxidation sites excluding steroid dienone is 4. The Morgan fingerprint density at radius 1 is 1.38 bits per heavy atom. The standard InChI is InChI=1S/C11H13NO/c1-2-13-11-7-5-9-12-8-4-3-6-10(11)12/h3-8H,2,9H2,1H3. The molecule has 0 bridgehead atoms. The minimum absolute atomic E-state index is 0.717. The van der Waals surface area contributed by atoms with Crippen LogP contribution in [0.2, 0.25) is 0 Å². The van der Waals surface area contributed by atoms with Crippen molar-refractivity contribution in [2.75, 3.05) is 13.2 Å². The maximum absolute atomic E-state index is 5.52. The van der Waals surface area contributed by atoms with Gasteiger partial charge in [0, 0.05) is 12.7 Å². The third-order valence-electron chi connectivity index (χ3n) is 2.06. The summed E-state index contributed by atoms with van der Waals surface area (Å²) >= 11 is 0. The first-order valence-electron chi connectivity index (χ1n) is 4.57. The summed E-state index contributed by atoms with van der Waals surface area (Å²) in [6.45, 7) is 3.66. The minimum atomic E-state index is 0.717. The highest BCUT2D eigenvalue weighted by molar-refractivity contribution is 5.37. The highest BCUT2D eigenvalue weighted by atomic mass is 16.5. The Labute approximate surface area is 78.5 Å². The molecule has 0 saturated carbocycles. The molecule has 0 spiro atoms. The molecule has 0 fully saturated rings. The van der Waals surface area contributed by atoms with Crippen molar-refractivity contribution < 1.29 is 4.74 Å². The lowest BCUT2D eigenvalue weighted by molar-refractivity contribution is 0.228. The molecule has 0 aromatic heterocycles. The van der Waals surface area contributed by atoms with Crippen LogP contribution in [0.1, 0.15) is 6.92 Å². The van der Waals surface area contributed by atoms with Gasteiger partial charge in [0.05, 0.1) is 12.3 Å². The van der Waals surface area contributed by atoms with Crippen LogP contribution in [-0.2, 0) is 4.74 Å². The molecule has 0 N–H and O–H groups in total. The Bertz CT molecular complexity index is 310. The van der Waals surface area contributed by atoms with Crippen LogP contribution in [-0.4, -0.2) is 18.1 Å². The molecule has 0 atom stereocenters. The van der Waals surface area contributed by atoms with E-state index in [1.807, 2.05) is 25.2 Å². The molecule has 2 rings (SSSR count). The number of ether oxygens (including phenoxy) is 1. The summed E-state index contributed by atoms with van der Waals surface area (Å²) in [4.78, 5) is 2.17. The Morgan fingerprint density at radius 2 is 2.31 bits per heavy atom. The number of nitrogens with zero attached hydrogens (tertiary/aromatic N) is 1. The van der Waals surface area contributed by atoms with E-state index in [1.165, 1.54) is 0 Å². The Hall–Kier alpha value is -1.44. The molecule has 0 aromatic rings. The van der Waals surface area contributed by atoms with Gasteiger partial charge >= 0.3 is 0 Å². The van der Waals surface area contributed by atoms with Crippen LogP contribution in [0.25, 0.3) is 0 Å². The van der Waals surface area contributed by atoms with Crippen molar-refractivity contribution in [2.24, 2.45) is 0 Å². The molecule has 68 valence electrons. The monoisotopic (exact) mass is 175 g/mol. The van der Waals surface area contributed by atoms with Crippen LogP contribution < -0.4 is 0 Å². The zero-order valence-corrected chi connectivity index (χ0v) is 7.73. The third-order valence-corrected chi connectivity index (χ3v) is 2.06. The molecule has 13 heavy (non-hydrogen) atoms. The fraction of sp³-hybridized carbons (Fsp3) is 0.273. The molecule has 0 saturated heterocycles. The lowest BCUT2D eigenvalue weighted by Gasteiger charge is -2.27. The summed E-state index contributed by atoms with van der Waals surface area (Å²) in [6, 6.07) is 0. The molecule has 2 aliphatic heterocycles. The van der Waals surface area contributed by atoms with Gasteiger partial charge < -0.3 is 9.64 Å². The van der Waals surface area contributed by atoms with E-state index in [2.05, 4.69) is 23.3 Å². The van der Waals surface area contributed by atoms with Crippen LogP contribution in [0.15, 0.2) is 48.0 Å². The molecule has 2 aliphatic rings. The zero-order valence-electron chi connectivity index (χ0n) is 7.73. The molecule has 2 nitrogen and oxygen atoms in total. The molecular weight excluding hydrogens is 162 g/mol. The van der Waals surface area contributed by atoms with Gasteiger partial charge in [0.15, 0.2) is 0 Å². The maximum atomic E-state index is 5.52. The van der Waals surface area contributed by atoms with Gasteiger partial charge in [-0.25, -0.2) is 0 Å². The second kappa shape index (κ2) is 3.52. The summed E-state index contributed by atoms with van der Waals surface area (Å²) in [5, 5.41) is 0. The molecule has 0 radical (unpaired) electrons.